The van der Waals surface area contributed by atoms with Crippen LogP contribution in [0.15, 0.2) is 24.7 Å². The highest BCUT2D eigenvalue weighted by atomic mass is 35.5. The van der Waals surface area contributed by atoms with Gasteiger partial charge in [0.1, 0.15) is 5.65 Å². The van der Waals surface area contributed by atoms with E-state index in [0.29, 0.717) is 28.6 Å². The molecule has 3 aromatic rings. The average Bonchev–Trinajstić information content (AvgIpc) is 3.13. The fourth-order valence-electron chi connectivity index (χ4n) is 3.86. The van der Waals surface area contributed by atoms with E-state index in [-0.39, 0.29) is 23.7 Å². The van der Waals surface area contributed by atoms with E-state index in [1.807, 2.05) is 6.92 Å². The Kier molecular flexibility index (Phi) is 5.62. The molecule has 4 rings (SSSR count). The Morgan fingerprint density at radius 2 is 2.14 bits per heavy atom. The number of nitrogens with one attached hydrogen (secondary N) is 3. The molecule has 3 N–H and O–H groups in total. The third-order valence-corrected chi connectivity index (χ3v) is 5.47. The molecule has 3 aromatic heterocycles. The molecule has 9 heteroatoms. The average molecular weight is 417 g/mol. The molecule has 0 aromatic carbocycles. The lowest BCUT2D eigenvalue weighted by Crippen LogP contribution is -2.43. The van der Waals surface area contributed by atoms with E-state index in [4.69, 9.17) is 11.6 Å². The first-order chi connectivity index (χ1) is 14.1. The van der Waals surface area contributed by atoms with Gasteiger partial charge in [0.2, 0.25) is 5.91 Å². The van der Waals surface area contributed by atoms with Gasteiger partial charge in [-0.05, 0) is 25.8 Å². The number of rotatable bonds is 5. The van der Waals surface area contributed by atoms with Crippen molar-refractivity contribution in [3.63, 3.8) is 0 Å². The number of nitrogens with zero attached hydrogens (tertiary/aromatic N) is 3. The summed E-state index contributed by atoms with van der Waals surface area (Å²) in [6.45, 7) is 2.47. The zero-order chi connectivity index (χ0) is 20.4. The second-order valence-corrected chi connectivity index (χ2v) is 7.62. The van der Waals surface area contributed by atoms with Crippen LogP contribution in [0.5, 0.6) is 0 Å². The Labute approximate surface area is 172 Å². The molecule has 1 fully saturated rings. The van der Waals surface area contributed by atoms with Crippen LogP contribution in [0.4, 0.5) is 10.2 Å². The second kappa shape index (κ2) is 8.32. The minimum Gasteiger partial charge on any atom is -0.364 e. The predicted octanol–water partition coefficient (Wildman–Crippen LogP) is 3.92. The van der Waals surface area contributed by atoms with E-state index in [9.17, 15) is 9.18 Å². The second-order valence-electron chi connectivity index (χ2n) is 7.18. The molecule has 0 aliphatic heterocycles. The van der Waals surface area contributed by atoms with Gasteiger partial charge in [-0.3, -0.25) is 4.79 Å². The zero-order valence-electron chi connectivity index (χ0n) is 16.0. The Morgan fingerprint density at radius 1 is 1.31 bits per heavy atom. The number of hydrogen-bond donors (Lipinski definition) is 3. The first-order valence-electron chi connectivity index (χ1n) is 9.76. The number of aromatic amines is 1. The molecule has 3 heterocycles. The number of fused-ring (bicyclic) bond motifs is 1. The third-order valence-electron chi connectivity index (χ3n) is 5.26. The number of amides is 1. The first kappa shape index (κ1) is 19.6. The largest absolute Gasteiger partial charge is 0.364 e. The minimum absolute atomic E-state index is 0.00303. The van der Waals surface area contributed by atoms with Gasteiger partial charge >= 0.3 is 0 Å². The molecule has 0 bridgehead atoms. The maximum absolute atomic E-state index is 14.5. The standard InChI is InChI=1S/C20H22ClFN6O/c1-2-23-20(29)12-5-3-4-6-16(12)27-19-15(22)10-26-18(28-19)14-9-25-17-13(14)7-11(21)8-24-17/h7-10,12,16H,2-6H2,1H3,(H,23,29)(H,24,25)(H,26,27,28)/t12-,16+/m1/s1. The van der Waals surface area contributed by atoms with Crippen LogP contribution in [0, 0.1) is 11.7 Å². The number of carbonyl (C=O) groups is 1. The van der Waals surface area contributed by atoms with E-state index >= 15 is 0 Å². The summed E-state index contributed by atoms with van der Waals surface area (Å²) in [4.78, 5) is 28.2. The Balaban J connectivity index is 1.64. The van der Waals surface area contributed by atoms with Crippen LogP contribution in [0.2, 0.25) is 5.02 Å². The van der Waals surface area contributed by atoms with Gasteiger partial charge in [0.05, 0.1) is 17.1 Å². The molecule has 29 heavy (non-hydrogen) atoms. The summed E-state index contributed by atoms with van der Waals surface area (Å²) < 4.78 is 14.5. The molecule has 7 nitrogen and oxygen atoms in total. The molecule has 0 radical (unpaired) electrons. The van der Waals surface area contributed by atoms with Crippen LogP contribution in [0.1, 0.15) is 32.6 Å². The maximum Gasteiger partial charge on any atom is 0.225 e. The predicted molar refractivity (Wildman–Crippen MR) is 110 cm³/mol. The number of pyridine rings is 1. The SMILES string of the molecule is CCNC(=O)[C@@H]1CCCC[C@@H]1Nc1nc(-c2c[nH]c3ncc(Cl)cc23)ncc1F. The van der Waals surface area contributed by atoms with Crippen molar-refractivity contribution in [2.24, 2.45) is 5.92 Å². The van der Waals surface area contributed by atoms with Gasteiger partial charge in [0.25, 0.3) is 0 Å². The highest BCUT2D eigenvalue weighted by Crippen LogP contribution is 2.30. The summed E-state index contributed by atoms with van der Waals surface area (Å²) in [5.41, 5.74) is 1.33. The van der Waals surface area contributed by atoms with E-state index in [2.05, 4.69) is 30.6 Å². The fourth-order valence-corrected chi connectivity index (χ4v) is 4.02. The number of H-pyrrole nitrogens is 1. The molecule has 0 spiro atoms. The van der Waals surface area contributed by atoms with Crippen molar-refractivity contribution in [2.45, 2.75) is 38.6 Å². The lowest BCUT2D eigenvalue weighted by molar-refractivity contribution is -0.126. The van der Waals surface area contributed by atoms with Crippen molar-refractivity contribution in [3.05, 3.63) is 35.5 Å². The number of hydrogen-bond acceptors (Lipinski definition) is 5. The lowest BCUT2D eigenvalue weighted by Gasteiger charge is -2.31. The van der Waals surface area contributed by atoms with Gasteiger partial charge in [0.15, 0.2) is 17.5 Å². The van der Waals surface area contributed by atoms with Crippen molar-refractivity contribution in [1.82, 2.24) is 25.3 Å². The maximum atomic E-state index is 14.5. The molecule has 152 valence electrons. The normalized spacial score (nSPS) is 19.3. The van der Waals surface area contributed by atoms with Gasteiger partial charge in [-0.25, -0.2) is 19.3 Å². The van der Waals surface area contributed by atoms with Crippen LogP contribution in [0.3, 0.4) is 0 Å². The van der Waals surface area contributed by atoms with E-state index in [1.165, 1.54) is 0 Å². The number of aromatic nitrogens is 4. The van der Waals surface area contributed by atoms with Crippen LogP contribution < -0.4 is 10.6 Å². The quantitative estimate of drug-likeness (QED) is 0.586. The van der Waals surface area contributed by atoms with Gasteiger partial charge in [-0.15, -0.1) is 0 Å². The van der Waals surface area contributed by atoms with E-state index in [1.54, 1.807) is 18.5 Å². The molecule has 1 saturated carbocycles. The van der Waals surface area contributed by atoms with Gasteiger partial charge < -0.3 is 15.6 Å². The van der Waals surface area contributed by atoms with Crippen molar-refractivity contribution in [3.8, 4) is 11.4 Å². The molecule has 1 amide bonds. The molecule has 2 atom stereocenters. The van der Waals surface area contributed by atoms with Crippen molar-refractivity contribution in [2.75, 3.05) is 11.9 Å². The Bertz CT molecular complexity index is 1040. The summed E-state index contributed by atoms with van der Waals surface area (Å²) in [6, 6.07) is 1.59. The molecular weight excluding hydrogens is 395 g/mol. The van der Waals surface area contributed by atoms with Crippen LogP contribution >= 0.6 is 11.6 Å². The highest BCUT2D eigenvalue weighted by Gasteiger charge is 2.31. The summed E-state index contributed by atoms with van der Waals surface area (Å²) in [6.07, 6.45) is 7.95. The van der Waals surface area contributed by atoms with Gasteiger partial charge in [0, 0.05) is 35.9 Å². The zero-order valence-corrected chi connectivity index (χ0v) is 16.8. The van der Waals surface area contributed by atoms with Gasteiger partial charge in [-0.2, -0.15) is 0 Å². The number of anilines is 1. The molecule has 1 aliphatic rings. The summed E-state index contributed by atoms with van der Waals surface area (Å²) in [5, 5.41) is 7.29. The molecule has 0 unspecified atom stereocenters. The number of carbonyl (C=O) groups excluding carboxylic acids is 1. The third kappa shape index (κ3) is 4.03. The van der Waals surface area contributed by atoms with Crippen LogP contribution in [0.25, 0.3) is 22.4 Å². The van der Waals surface area contributed by atoms with Crippen LogP contribution in [-0.4, -0.2) is 38.4 Å². The Hall–Kier alpha value is -2.74. The Morgan fingerprint density at radius 3 is 2.97 bits per heavy atom. The molecule has 1 aliphatic carbocycles. The smallest absolute Gasteiger partial charge is 0.225 e. The van der Waals surface area contributed by atoms with Crippen LogP contribution in [-0.2, 0) is 4.79 Å². The minimum atomic E-state index is -0.551. The van der Waals surface area contributed by atoms with Crippen molar-refractivity contribution < 1.29 is 9.18 Å². The molecular formula is C20H22ClFN6O. The van der Waals surface area contributed by atoms with Crippen molar-refractivity contribution >= 4 is 34.4 Å². The lowest BCUT2D eigenvalue weighted by atomic mass is 9.84. The fraction of sp³-hybridized carbons (Fsp3) is 0.400. The summed E-state index contributed by atoms with van der Waals surface area (Å²) in [5.74, 6) is -0.311. The first-order valence-corrected chi connectivity index (χ1v) is 10.1. The summed E-state index contributed by atoms with van der Waals surface area (Å²) in [7, 11) is 0. The number of halogens is 2. The highest BCUT2D eigenvalue weighted by molar-refractivity contribution is 6.31. The molecule has 0 saturated heterocycles. The van der Waals surface area contributed by atoms with E-state index in [0.717, 1.165) is 37.3 Å². The topological polar surface area (TPSA) is 95.6 Å². The monoisotopic (exact) mass is 416 g/mol. The van der Waals surface area contributed by atoms with Crippen molar-refractivity contribution in [1.29, 1.82) is 0 Å². The summed E-state index contributed by atoms with van der Waals surface area (Å²) >= 11 is 6.06. The van der Waals surface area contributed by atoms with E-state index < -0.39 is 5.82 Å². The van der Waals surface area contributed by atoms with Gasteiger partial charge in [-0.1, -0.05) is 24.4 Å².